The predicted molar refractivity (Wildman–Crippen MR) is 60.1 cm³/mol. The molecule has 0 aliphatic carbocycles. The third-order valence-electron chi connectivity index (χ3n) is 2.20. The van der Waals surface area contributed by atoms with E-state index in [4.69, 9.17) is 0 Å². The van der Waals surface area contributed by atoms with Crippen molar-refractivity contribution < 1.29 is 0 Å². The lowest BCUT2D eigenvalue weighted by Crippen LogP contribution is -2.42. The second kappa shape index (κ2) is 6.39. The minimum absolute atomic E-state index is 0.246. The van der Waals surface area contributed by atoms with Crippen LogP contribution >= 0.6 is 0 Å². The van der Waals surface area contributed by atoms with Crippen LogP contribution in [-0.2, 0) is 0 Å². The van der Waals surface area contributed by atoms with Gasteiger partial charge in [0.05, 0.1) is 0 Å². The first kappa shape index (κ1) is 12.9. The summed E-state index contributed by atoms with van der Waals surface area (Å²) in [7, 11) is 0. The third-order valence-corrected chi connectivity index (χ3v) is 2.20. The molecule has 2 N–H and O–H groups in total. The molecular weight excluding hydrogens is 160 g/mol. The van der Waals surface area contributed by atoms with Crippen LogP contribution in [0.5, 0.6) is 0 Å². The fourth-order valence-corrected chi connectivity index (χ4v) is 1.29. The van der Waals surface area contributed by atoms with E-state index in [0.717, 1.165) is 13.1 Å². The molecule has 0 spiro atoms. The smallest absolute Gasteiger partial charge is 0.00970 e. The molecule has 0 atom stereocenters. The van der Waals surface area contributed by atoms with Crippen LogP contribution in [0, 0.1) is 0 Å². The highest BCUT2D eigenvalue weighted by atomic mass is 15.0. The van der Waals surface area contributed by atoms with Crippen molar-refractivity contribution >= 4 is 0 Å². The van der Waals surface area contributed by atoms with Gasteiger partial charge in [-0.1, -0.05) is 13.8 Å². The maximum absolute atomic E-state index is 3.53. The predicted octanol–water partition coefficient (Wildman–Crippen LogP) is 2.15. The Morgan fingerprint density at radius 3 is 1.92 bits per heavy atom. The SMILES string of the molecule is CCC(CC)NCCNC(C)(C)C. The monoisotopic (exact) mass is 186 g/mol. The molecule has 0 aromatic carbocycles. The van der Waals surface area contributed by atoms with Crippen molar-refractivity contribution in [2.75, 3.05) is 13.1 Å². The normalized spacial score (nSPS) is 12.5. The number of hydrogen-bond donors (Lipinski definition) is 2. The molecule has 0 unspecified atom stereocenters. The molecule has 0 saturated carbocycles. The van der Waals surface area contributed by atoms with Crippen LogP contribution in [0.4, 0.5) is 0 Å². The summed E-state index contributed by atoms with van der Waals surface area (Å²) in [5.41, 5.74) is 0.246. The Balaban J connectivity index is 3.34. The van der Waals surface area contributed by atoms with Gasteiger partial charge >= 0.3 is 0 Å². The van der Waals surface area contributed by atoms with Crippen molar-refractivity contribution in [1.82, 2.24) is 10.6 Å². The largest absolute Gasteiger partial charge is 0.313 e. The average molecular weight is 186 g/mol. The summed E-state index contributed by atoms with van der Waals surface area (Å²) in [5, 5.41) is 6.99. The first-order valence-electron chi connectivity index (χ1n) is 5.48. The van der Waals surface area contributed by atoms with E-state index in [1.165, 1.54) is 12.8 Å². The van der Waals surface area contributed by atoms with Crippen molar-refractivity contribution in [3.05, 3.63) is 0 Å². The Morgan fingerprint density at radius 2 is 1.54 bits per heavy atom. The Bertz CT molecular complexity index is 112. The Morgan fingerprint density at radius 1 is 1.00 bits per heavy atom. The van der Waals surface area contributed by atoms with Crippen molar-refractivity contribution in [3.8, 4) is 0 Å². The van der Waals surface area contributed by atoms with Gasteiger partial charge in [-0.3, -0.25) is 0 Å². The molecule has 0 bridgehead atoms. The summed E-state index contributed by atoms with van der Waals surface area (Å²) < 4.78 is 0. The number of hydrogen-bond acceptors (Lipinski definition) is 2. The molecule has 0 aromatic heterocycles. The average Bonchev–Trinajstić information content (AvgIpc) is 2.03. The molecule has 0 aliphatic heterocycles. The summed E-state index contributed by atoms with van der Waals surface area (Å²) in [5.74, 6) is 0. The van der Waals surface area contributed by atoms with Crippen LogP contribution in [0.3, 0.4) is 0 Å². The fraction of sp³-hybridized carbons (Fsp3) is 1.00. The molecule has 0 radical (unpaired) electrons. The second-order valence-electron chi connectivity index (χ2n) is 4.64. The van der Waals surface area contributed by atoms with E-state index in [1.807, 2.05) is 0 Å². The van der Waals surface area contributed by atoms with Gasteiger partial charge in [0.15, 0.2) is 0 Å². The summed E-state index contributed by atoms with van der Waals surface area (Å²) in [4.78, 5) is 0. The lowest BCUT2D eigenvalue weighted by Gasteiger charge is -2.22. The van der Waals surface area contributed by atoms with Crippen LogP contribution in [0.15, 0.2) is 0 Å². The lowest BCUT2D eigenvalue weighted by molar-refractivity contribution is 0.403. The van der Waals surface area contributed by atoms with Gasteiger partial charge in [-0.25, -0.2) is 0 Å². The zero-order chi connectivity index (χ0) is 10.3. The Hall–Kier alpha value is -0.0800. The minimum atomic E-state index is 0.246. The quantitative estimate of drug-likeness (QED) is 0.621. The van der Waals surface area contributed by atoms with E-state index in [-0.39, 0.29) is 5.54 Å². The van der Waals surface area contributed by atoms with E-state index in [9.17, 15) is 0 Å². The summed E-state index contributed by atoms with van der Waals surface area (Å²) in [6.45, 7) is 13.2. The number of rotatable bonds is 6. The highest BCUT2D eigenvalue weighted by molar-refractivity contribution is 4.71. The first-order valence-corrected chi connectivity index (χ1v) is 5.48. The Kier molecular flexibility index (Phi) is 6.35. The van der Waals surface area contributed by atoms with Crippen molar-refractivity contribution in [3.63, 3.8) is 0 Å². The van der Waals surface area contributed by atoms with Crippen LogP contribution in [0.1, 0.15) is 47.5 Å². The van der Waals surface area contributed by atoms with Crippen molar-refractivity contribution in [1.29, 1.82) is 0 Å². The zero-order valence-electron chi connectivity index (χ0n) is 9.91. The topological polar surface area (TPSA) is 24.1 Å². The summed E-state index contributed by atoms with van der Waals surface area (Å²) in [6, 6.07) is 0.696. The van der Waals surface area contributed by atoms with Crippen LogP contribution < -0.4 is 10.6 Å². The van der Waals surface area contributed by atoms with Crippen LogP contribution in [0.2, 0.25) is 0 Å². The van der Waals surface area contributed by atoms with Gasteiger partial charge in [0.1, 0.15) is 0 Å². The molecule has 0 aliphatic rings. The standard InChI is InChI=1S/C11H26N2/c1-6-10(7-2)12-8-9-13-11(3,4)5/h10,12-13H,6-9H2,1-5H3. The highest BCUT2D eigenvalue weighted by Gasteiger charge is 2.07. The second-order valence-corrected chi connectivity index (χ2v) is 4.64. The molecule has 0 fully saturated rings. The van der Waals surface area contributed by atoms with Crippen LogP contribution in [-0.4, -0.2) is 24.7 Å². The molecule has 2 heteroatoms. The molecule has 0 rings (SSSR count). The molecule has 0 aromatic rings. The van der Waals surface area contributed by atoms with E-state index < -0.39 is 0 Å². The zero-order valence-corrected chi connectivity index (χ0v) is 9.91. The van der Waals surface area contributed by atoms with Gasteiger partial charge in [0.25, 0.3) is 0 Å². The minimum Gasteiger partial charge on any atom is -0.313 e. The molecule has 2 nitrogen and oxygen atoms in total. The molecule has 0 heterocycles. The van der Waals surface area contributed by atoms with E-state index in [0.29, 0.717) is 6.04 Å². The summed E-state index contributed by atoms with van der Waals surface area (Å²) in [6.07, 6.45) is 2.46. The molecule has 0 saturated heterocycles. The van der Waals surface area contributed by atoms with Gasteiger partial charge in [0, 0.05) is 24.7 Å². The molecule has 0 amide bonds. The highest BCUT2D eigenvalue weighted by Crippen LogP contribution is 1.97. The van der Waals surface area contributed by atoms with Gasteiger partial charge in [-0.2, -0.15) is 0 Å². The summed E-state index contributed by atoms with van der Waals surface area (Å²) >= 11 is 0. The third kappa shape index (κ3) is 8.26. The van der Waals surface area contributed by atoms with Crippen molar-refractivity contribution in [2.24, 2.45) is 0 Å². The number of nitrogens with one attached hydrogen (secondary N) is 2. The molecule has 80 valence electrons. The van der Waals surface area contributed by atoms with Gasteiger partial charge in [0.2, 0.25) is 0 Å². The Labute approximate surface area is 83.5 Å². The molecule has 13 heavy (non-hydrogen) atoms. The maximum atomic E-state index is 3.53. The first-order chi connectivity index (χ1) is 5.99. The molecular formula is C11H26N2. The van der Waals surface area contributed by atoms with Crippen LogP contribution in [0.25, 0.3) is 0 Å². The fourth-order valence-electron chi connectivity index (χ4n) is 1.29. The van der Waals surface area contributed by atoms with Gasteiger partial charge < -0.3 is 10.6 Å². The van der Waals surface area contributed by atoms with E-state index in [2.05, 4.69) is 45.3 Å². The van der Waals surface area contributed by atoms with E-state index >= 15 is 0 Å². The van der Waals surface area contributed by atoms with Gasteiger partial charge in [-0.05, 0) is 33.6 Å². The van der Waals surface area contributed by atoms with Gasteiger partial charge in [-0.15, -0.1) is 0 Å². The van der Waals surface area contributed by atoms with E-state index in [1.54, 1.807) is 0 Å². The lowest BCUT2D eigenvalue weighted by atomic mass is 10.1. The van der Waals surface area contributed by atoms with Crippen molar-refractivity contribution in [2.45, 2.75) is 59.0 Å². The maximum Gasteiger partial charge on any atom is 0.00970 e.